The number of fused-ring (bicyclic) bond motifs is 1. The van der Waals surface area contributed by atoms with Crippen LogP contribution in [0.4, 0.5) is 5.69 Å². The molecule has 112 valence electrons. The molecule has 0 radical (unpaired) electrons. The van der Waals surface area contributed by atoms with Gasteiger partial charge in [0.1, 0.15) is 0 Å². The lowest BCUT2D eigenvalue weighted by molar-refractivity contribution is -0.118. The highest BCUT2D eigenvalue weighted by Gasteiger charge is 2.59. The number of hydrogen-bond acceptors (Lipinski definition) is 2. The fourth-order valence-corrected chi connectivity index (χ4v) is 3.72. The summed E-state index contributed by atoms with van der Waals surface area (Å²) in [7, 11) is 0. The summed E-state index contributed by atoms with van der Waals surface area (Å²) in [6.07, 6.45) is 0. The molecule has 1 unspecified atom stereocenters. The lowest BCUT2D eigenvalue weighted by Crippen LogP contribution is -2.27. The molecule has 2 fully saturated rings. The molecular weight excluding hydrogens is 272 g/mol. The molecule has 2 aromatic carbocycles. The second kappa shape index (κ2) is 5.58. The molecule has 4 rings (SSSR count). The minimum Gasteiger partial charge on any atom is -0.326 e. The molecule has 1 saturated carbocycles. The van der Waals surface area contributed by atoms with Gasteiger partial charge in [0.05, 0.1) is 0 Å². The molecule has 1 aliphatic heterocycles. The molecule has 1 amide bonds. The van der Waals surface area contributed by atoms with E-state index in [0.29, 0.717) is 11.8 Å². The average Bonchev–Trinajstić information content (AvgIpc) is 3.06. The Kier molecular flexibility index (Phi) is 3.43. The van der Waals surface area contributed by atoms with Crippen LogP contribution in [0.25, 0.3) is 0 Å². The molecule has 1 heterocycles. The minimum absolute atomic E-state index is 0.195. The Bertz CT molecular complexity index is 644. The average molecular weight is 292 g/mol. The summed E-state index contributed by atoms with van der Waals surface area (Å²) in [5.74, 6) is 1.51. The number of hydrogen-bond donors (Lipinski definition) is 1. The third kappa shape index (κ3) is 2.64. The fraction of sp³-hybridized carbons (Fsp3) is 0.316. The van der Waals surface area contributed by atoms with Gasteiger partial charge < -0.3 is 5.32 Å². The maximum atomic E-state index is 12.3. The monoisotopic (exact) mass is 292 g/mol. The lowest BCUT2D eigenvalue weighted by Gasteiger charge is -2.19. The predicted octanol–water partition coefficient (Wildman–Crippen LogP) is 3.00. The summed E-state index contributed by atoms with van der Waals surface area (Å²) in [4.78, 5) is 14.8. The zero-order valence-corrected chi connectivity index (χ0v) is 12.5. The molecule has 3 heteroatoms. The van der Waals surface area contributed by atoms with Gasteiger partial charge in [0.25, 0.3) is 0 Å². The van der Waals surface area contributed by atoms with E-state index >= 15 is 0 Å². The number of carbonyl (C=O) groups excluding carboxylic acids is 1. The minimum atomic E-state index is 0.195. The molecule has 0 aromatic heterocycles. The highest BCUT2D eigenvalue weighted by Crippen LogP contribution is 2.52. The van der Waals surface area contributed by atoms with Crippen molar-refractivity contribution in [2.75, 3.05) is 18.4 Å². The van der Waals surface area contributed by atoms with Crippen LogP contribution in [0, 0.1) is 17.8 Å². The number of anilines is 1. The second-order valence-corrected chi connectivity index (χ2v) is 6.39. The first-order chi connectivity index (χ1) is 10.8. The van der Waals surface area contributed by atoms with Crippen molar-refractivity contribution in [2.24, 2.45) is 17.8 Å². The lowest BCUT2D eigenvalue weighted by atomic mass is 10.2. The SMILES string of the molecule is O=C(Nc1ccccc1)C1[C@H]2CN(Cc3ccccc3)C[C@@H]12. The number of benzene rings is 2. The molecule has 3 atom stereocenters. The van der Waals surface area contributed by atoms with Gasteiger partial charge in [-0.3, -0.25) is 9.69 Å². The van der Waals surface area contributed by atoms with Crippen LogP contribution in [0.1, 0.15) is 5.56 Å². The molecule has 1 aliphatic carbocycles. The van der Waals surface area contributed by atoms with Gasteiger partial charge in [0.15, 0.2) is 0 Å². The number of amides is 1. The third-order valence-electron chi connectivity index (χ3n) is 4.86. The van der Waals surface area contributed by atoms with E-state index in [4.69, 9.17) is 0 Å². The Morgan fingerprint density at radius 3 is 2.18 bits per heavy atom. The van der Waals surface area contributed by atoms with Crippen molar-refractivity contribution in [3.8, 4) is 0 Å². The van der Waals surface area contributed by atoms with Gasteiger partial charge in [0.2, 0.25) is 5.91 Å². The van der Waals surface area contributed by atoms with Crippen molar-refractivity contribution in [2.45, 2.75) is 6.54 Å². The Hall–Kier alpha value is -2.13. The Morgan fingerprint density at radius 2 is 1.55 bits per heavy atom. The van der Waals surface area contributed by atoms with Crippen molar-refractivity contribution in [3.63, 3.8) is 0 Å². The van der Waals surface area contributed by atoms with Crippen LogP contribution < -0.4 is 5.32 Å². The highest BCUT2D eigenvalue weighted by molar-refractivity contribution is 5.95. The van der Waals surface area contributed by atoms with Crippen LogP contribution in [0.15, 0.2) is 60.7 Å². The number of rotatable bonds is 4. The van der Waals surface area contributed by atoms with Crippen molar-refractivity contribution in [3.05, 3.63) is 66.2 Å². The number of likely N-dealkylation sites (tertiary alicyclic amines) is 1. The summed E-state index contributed by atoms with van der Waals surface area (Å²) in [6, 6.07) is 20.3. The van der Waals surface area contributed by atoms with Crippen LogP contribution in [0.3, 0.4) is 0 Å². The van der Waals surface area contributed by atoms with Gasteiger partial charge in [-0.1, -0.05) is 48.5 Å². The topological polar surface area (TPSA) is 32.3 Å². The van der Waals surface area contributed by atoms with Gasteiger partial charge in [-0.25, -0.2) is 0 Å². The molecule has 3 nitrogen and oxygen atoms in total. The molecule has 0 bridgehead atoms. The van der Waals surface area contributed by atoms with E-state index in [9.17, 15) is 4.79 Å². The van der Waals surface area contributed by atoms with Gasteiger partial charge in [-0.15, -0.1) is 0 Å². The summed E-state index contributed by atoms with van der Waals surface area (Å²) in [5.41, 5.74) is 2.26. The van der Waals surface area contributed by atoms with E-state index in [1.807, 2.05) is 30.3 Å². The number of nitrogens with zero attached hydrogens (tertiary/aromatic N) is 1. The van der Waals surface area contributed by atoms with E-state index in [2.05, 4.69) is 40.5 Å². The molecule has 1 saturated heterocycles. The molecule has 2 aliphatic rings. The Morgan fingerprint density at radius 1 is 0.955 bits per heavy atom. The van der Waals surface area contributed by atoms with Crippen LogP contribution in [-0.4, -0.2) is 23.9 Å². The van der Waals surface area contributed by atoms with Crippen LogP contribution in [0.5, 0.6) is 0 Å². The van der Waals surface area contributed by atoms with Crippen molar-refractivity contribution < 1.29 is 4.79 Å². The van der Waals surface area contributed by atoms with Crippen LogP contribution in [-0.2, 0) is 11.3 Å². The zero-order chi connectivity index (χ0) is 14.9. The zero-order valence-electron chi connectivity index (χ0n) is 12.5. The first kappa shape index (κ1) is 13.5. The number of piperidine rings is 1. The van der Waals surface area contributed by atoms with E-state index in [0.717, 1.165) is 25.3 Å². The van der Waals surface area contributed by atoms with Gasteiger partial charge in [-0.05, 0) is 29.5 Å². The first-order valence-electron chi connectivity index (χ1n) is 7.93. The van der Waals surface area contributed by atoms with Crippen molar-refractivity contribution in [1.29, 1.82) is 0 Å². The molecular formula is C19H20N2O. The quantitative estimate of drug-likeness (QED) is 0.939. The van der Waals surface area contributed by atoms with Gasteiger partial charge >= 0.3 is 0 Å². The third-order valence-corrected chi connectivity index (χ3v) is 4.86. The van der Waals surface area contributed by atoms with Crippen LogP contribution in [0.2, 0.25) is 0 Å². The fourth-order valence-electron chi connectivity index (χ4n) is 3.72. The molecule has 2 aromatic rings. The summed E-state index contributed by atoms with van der Waals surface area (Å²) in [5, 5.41) is 3.04. The summed E-state index contributed by atoms with van der Waals surface area (Å²) >= 11 is 0. The first-order valence-corrected chi connectivity index (χ1v) is 7.93. The number of nitrogens with one attached hydrogen (secondary N) is 1. The van der Waals surface area contributed by atoms with E-state index < -0.39 is 0 Å². The summed E-state index contributed by atoms with van der Waals surface area (Å²) < 4.78 is 0. The standard InChI is InChI=1S/C19H20N2O/c22-19(20-15-9-5-2-6-10-15)18-16-12-21(13-17(16)18)11-14-7-3-1-4-8-14/h1-10,16-18H,11-13H2,(H,20,22)/t16-,17+,18?. The number of carbonyl (C=O) groups is 1. The summed E-state index contributed by atoms with van der Waals surface area (Å²) in [6.45, 7) is 3.10. The van der Waals surface area contributed by atoms with E-state index in [-0.39, 0.29) is 11.8 Å². The Balaban J connectivity index is 1.30. The van der Waals surface area contributed by atoms with E-state index in [1.165, 1.54) is 5.56 Å². The van der Waals surface area contributed by atoms with Crippen molar-refractivity contribution >= 4 is 11.6 Å². The largest absolute Gasteiger partial charge is 0.326 e. The Labute approximate surface area is 131 Å². The maximum Gasteiger partial charge on any atom is 0.228 e. The number of para-hydroxylation sites is 1. The van der Waals surface area contributed by atoms with E-state index in [1.54, 1.807) is 0 Å². The van der Waals surface area contributed by atoms with Crippen molar-refractivity contribution in [1.82, 2.24) is 4.90 Å². The van der Waals surface area contributed by atoms with Gasteiger partial charge in [-0.2, -0.15) is 0 Å². The molecule has 22 heavy (non-hydrogen) atoms. The predicted molar refractivity (Wildman–Crippen MR) is 87.3 cm³/mol. The highest BCUT2D eigenvalue weighted by atomic mass is 16.2. The normalized spacial score (nSPS) is 26.5. The maximum absolute atomic E-state index is 12.3. The smallest absolute Gasteiger partial charge is 0.228 e. The second-order valence-electron chi connectivity index (χ2n) is 6.39. The molecule has 0 spiro atoms. The molecule has 1 N–H and O–H groups in total. The van der Waals surface area contributed by atoms with Crippen LogP contribution >= 0.6 is 0 Å². The van der Waals surface area contributed by atoms with Gasteiger partial charge in [0, 0.05) is 31.2 Å².